The minimum Gasteiger partial charge on any atom is -0.455 e. The van der Waals surface area contributed by atoms with E-state index < -0.39 is 119 Å². The molecule has 17 nitrogen and oxygen atoms in total. The Hall–Kier alpha value is -7.21. The second-order valence-corrected chi connectivity index (χ2v) is 19.5. The Balaban J connectivity index is 1.29. The standard InChI is InChI=1S/C55H57NO16/c1-31-38(69-50(63)44(70-51(64)66-29-34-19-11-7-12-20-34)42(35-21-13-8-14-22-35)56-48(61)36-23-15-9-16-24-36)28-55(65)47(71-49(62)37-25-17-10-18-26-37)45-53(6,39(59)27-40-54(45,30-67-40)72-33(3)58)46(60)43(68-32(2)57)41(31)52(55,4)5/h7-26,38-40,42-45,47,59,65H,27-30H2,1-6H3,(H,56,61)/t38-,39-,40?,42-,43+,44+,45-,47-,53?,54+,55+/m0/s1. The van der Waals surface area contributed by atoms with Crippen LogP contribution in [-0.4, -0.2) is 106 Å². The lowest BCUT2D eigenvalue weighted by atomic mass is 9.44. The molecule has 1 heterocycles. The number of rotatable bonds is 13. The highest BCUT2D eigenvalue weighted by molar-refractivity contribution is 5.96. The molecule has 1 amide bonds. The number of esters is 4. The van der Waals surface area contributed by atoms with Crippen LogP contribution in [0.4, 0.5) is 4.79 Å². The maximum Gasteiger partial charge on any atom is 0.509 e. The van der Waals surface area contributed by atoms with E-state index >= 15 is 9.59 Å². The first kappa shape index (κ1) is 51.2. The van der Waals surface area contributed by atoms with Crippen LogP contribution < -0.4 is 5.32 Å². The fourth-order valence-corrected chi connectivity index (χ4v) is 11.1. The summed E-state index contributed by atoms with van der Waals surface area (Å²) in [4.78, 5) is 99.5. The summed E-state index contributed by atoms with van der Waals surface area (Å²) in [6, 6.07) is 31.3. The van der Waals surface area contributed by atoms with Gasteiger partial charge < -0.3 is 48.7 Å². The number of ketones is 1. The quantitative estimate of drug-likeness (QED) is 0.0780. The van der Waals surface area contributed by atoms with Crippen LogP contribution >= 0.6 is 0 Å². The van der Waals surface area contributed by atoms with Crippen molar-refractivity contribution in [3.8, 4) is 0 Å². The summed E-state index contributed by atoms with van der Waals surface area (Å²) in [6.07, 6.45) is -12.2. The van der Waals surface area contributed by atoms with Gasteiger partial charge in [0.2, 0.25) is 6.10 Å². The molecule has 0 aromatic heterocycles. The highest BCUT2D eigenvalue weighted by Crippen LogP contribution is 2.64. The zero-order chi connectivity index (χ0) is 51.8. The van der Waals surface area contributed by atoms with Gasteiger partial charge in [0.15, 0.2) is 17.5 Å². The number of Topliss-reactive ketones (excluding diaryl/α,β-unsaturated/α-hetero) is 1. The summed E-state index contributed by atoms with van der Waals surface area (Å²) in [7, 11) is 0. The van der Waals surface area contributed by atoms with E-state index in [1.54, 1.807) is 123 Å². The third-order valence-electron chi connectivity index (χ3n) is 14.9. The molecule has 4 aromatic carbocycles. The van der Waals surface area contributed by atoms with Crippen molar-refractivity contribution >= 4 is 41.7 Å². The topological polar surface area (TPSA) is 237 Å². The molecule has 4 aromatic rings. The van der Waals surface area contributed by atoms with Gasteiger partial charge in [0.05, 0.1) is 29.6 Å². The van der Waals surface area contributed by atoms with Crippen LogP contribution in [0.2, 0.25) is 0 Å². The molecule has 3 N–H and O–H groups in total. The van der Waals surface area contributed by atoms with E-state index in [0.29, 0.717) is 11.1 Å². The first-order valence-corrected chi connectivity index (χ1v) is 23.6. The lowest BCUT2D eigenvalue weighted by Crippen LogP contribution is -2.82. The maximum absolute atomic E-state index is 15.7. The Bertz CT molecular complexity index is 2750. The summed E-state index contributed by atoms with van der Waals surface area (Å²) in [5.74, 6) is -7.10. The number of hydrogen-bond acceptors (Lipinski definition) is 16. The minimum atomic E-state index is -2.47. The average molecular weight is 988 g/mol. The minimum absolute atomic E-state index is 0.0421. The maximum atomic E-state index is 15.7. The van der Waals surface area contributed by atoms with Crippen LogP contribution in [-0.2, 0) is 58.9 Å². The summed E-state index contributed by atoms with van der Waals surface area (Å²) < 4.78 is 42.1. The molecule has 3 aliphatic carbocycles. The molecular formula is C55H57NO16. The van der Waals surface area contributed by atoms with E-state index in [2.05, 4.69) is 5.32 Å². The summed E-state index contributed by atoms with van der Waals surface area (Å²) >= 11 is 0. The first-order valence-electron chi connectivity index (χ1n) is 23.6. The Morgan fingerprint density at radius 3 is 1.93 bits per heavy atom. The lowest BCUT2D eigenvalue weighted by Gasteiger charge is -2.67. The normalized spacial score (nSPS) is 28.9. The average Bonchev–Trinajstić information content (AvgIpc) is 3.36. The van der Waals surface area contributed by atoms with Gasteiger partial charge in [0, 0.05) is 37.7 Å². The second kappa shape index (κ2) is 20.1. The SMILES string of the molecule is CC(=O)O[C@H]1C(=O)C2(C)[C@@H](O)CC3OC[C@]3(OC(C)=O)[C@H]2[C@H](OC(=O)c2ccccc2)[C@]2(O)C[C@H](OC(=O)[C@H](OC(=O)OCc3ccccc3)[C@@H](NC(=O)c3ccccc3)c3ccccc3)C(C)=C1C2(C)C. The van der Waals surface area contributed by atoms with Gasteiger partial charge in [0.25, 0.3) is 5.91 Å². The van der Waals surface area contributed by atoms with E-state index in [-0.39, 0.29) is 41.9 Å². The largest absolute Gasteiger partial charge is 0.509 e. The van der Waals surface area contributed by atoms with Crippen molar-refractivity contribution in [1.82, 2.24) is 5.32 Å². The van der Waals surface area contributed by atoms with Crippen molar-refractivity contribution in [3.05, 3.63) is 155 Å². The van der Waals surface area contributed by atoms with Crippen LogP contribution in [0.25, 0.3) is 0 Å². The molecule has 72 heavy (non-hydrogen) atoms. The molecule has 2 bridgehead atoms. The van der Waals surface area contributed by atoms with Crippen LogP contribution in [0.15, 0.2) is 132 Å². The Kier molecular flexibility index (Phi) is 14.3. The van der Waals surface area contributed by atoms with E-state index in [0.717, 1.165) is 13.8 Å². The zero-order valence-corrected chi connectivity index (χ0v) is 40.6. The molecule has 3 fully saturated rings. The fraction of sp³-hybridized carbons (Fsp3) is 0.400. The van der Waals surface area contributed by atoms with Gasteiger partial charge in [0.1, 0.15) is 36.6 Å². The highest BCUT2D eigenvalue weighted by atomic mass is 16.7. The first-order chi connectivity index (χ1) is 34.2. The molecule has 2 saturated carbocycles. The van der Waals surface area contributed by atoms with Gasteiger partial charge in [-0.1, -0.05) is 111 Å². The molecule has 2 unspecified atom stereocenters. The lowest BCUT2D eigenvalue weighted by molar-refractivity contribution is -0.346. The molecule has 0 radical (unpaired) electrons. The molecule has 378 valence electrons. The molecular weight excluding hydrogens is 931 g/mol. The smallest absolute Gasteiger partial charge is 0.455 e. The third-order valence-corrected chi connectivity index (χ3v) is 14.9. The summed E-state index contributed by atoms with van der Waals surface area (Å²) in [5, 5.41) is 29.0. The number of carbonyl (C=O) groups is 7. The van der Waals surface area contributed by atoms with Crippen molar-refractivity contribution in [2.45, 2.75) is 115 Å². The van der Waals surface area contributed by atoms with Crippen molar-refractivity contribution in [2.24, 2.45) is 16.7 Å². The van der Waals surface area contributed by atoms with Crippen LogP contribution in [0.1, 0.15) is 92.3 Å². The third kappa shape index (κ3) is 9.27. The van der Waals surface area contributed by atoms with Crippen LogP contribution in [0, 0.1) is 16.7 Å². The van der Waals surface area contributed by atoms with Gasteiger partial charge in [-0.05, 0) is 60.4 Å². The van der Waals surface area contributed by atoms with Crippen molar-refractivity contribution in [3.63, 3.8) is 0 Å². The Morgan fingerprint density at radius 1 is 0.778 bits per heavy atom. The highest BCUT2D eigenvalue weighted by Gasteiger charge is 2.78. The second-order valence-electron chi connectivity index (χ2n) is 19.5. The predicted octanol–water partition coefficient (Wildman–Crippen LogP) is 6.10. The predicted molar refractivity (Wildman–Crippen MR) is 253 cm³/mol. The van der Waals surface area contributed by atoms with Crippen molar-refractivity contribution < 1.29 is 76.9 Å². The van der Waals surface area contributed by atoms with Crippen molar-refractivity contribution in [1.29, 1.82) is 0 Å². The fourth-order valence-electron chi connectivity index (χ4n) is 11.1. The van der Waals surface area contributed by atoms with Crippen LogP contribution in [0.5, 0.6) is 0 Å². The molecule has 11 atom stereocenters. The van der Waals surface area contributed by atoms with Gasteiger partial charge in [-0.2, -0.15) is 0 Å². The molecule has 8 rings (SSSR count). The number of hydrogen-bond donors (Lipinski definition) is 3. The summed E-state index contributed by atoms with van der Waals surface area (Å²) in [5.41, 5.74) is -6.92. The van der Waals surface area contributed by atoms with Gasteiger partial charge in [-0.3, -0.25) is 19.2 Å². The Morgan fingerprint density at radius 2 is 1.36 bits per heavy atom. The number of nitrogens with one attached hydrogen (secondary N) is 1. The summed E-state index contributed by atoms with van der Waals surface area (Å²) in [6.45, 7) is 7.61. The Labute approximate surface area is 415 Å². The molecule has 17 heteroatoms. The zero-order valence-electron chi connectivity index (χ0n) is 40.6. The number of aliphatic hydroxyl groups is 2. The number of aliphatic hydroxyl groups excluding tert-OH is 1. The van der Waals surface area contributed by atoms with Crippen LogP contribution in [0.3, 0.4) is 0 Å². The van der Waals surface area contributed by atoms with E-state index in [4.69, 9.17) is 33.2 Å². The van der Waals surface area contributed by atoms with Gasteiger partial charge in [-0.25, -0.2) is 14.4 Å². The number of amides is 1. The molecule has 0 spiro atoms. The number of benzene rings is 4. The molecule has 1 saturated heterocycles. The van der Waals surface area contributed by atoms with Gasteiger partial charge >= 0.3 is 30.0 Å². The van der Waals surface area contributed by atoms with Gasteiger partial charge in [-0.15, -0.1) is 0 Å². The number of ether oxygens (including phenoxy) is 7. The van der Waals surface area contributed by atoms with E-state index in [1.165, 1.54) is 26.0 Å². The van der Waals surface area contributed by atoms with Crippen molar-refractivity contribution in [2.75, 3.05) is 6.61 Å². The molecule has 1 aliphatic heterocycles. The monoisotopic (exact) mass is 987 g/mol. The molecule has 4 aliphatic rings. The number of carbonyl (C=O) groups excluding carboxylic acids is 7. The van der Waals surface area contributed by atoms with E-state index in [1.807, 2.05) is 0 Å². The van der Waals surface area contributed by atoms with E-state index in [9.17, 15) is 34.2 Å². The number of fused-ring (bicyclic) bond motifs is 5.